The highest BCUT2D eigenvalue weighted by Crippen LogP contribution is 2.35. The van der Waals surface area contributed by atoms with Gasteiger partial charge in [-0.15, -0.1) is 12.4 Å². The van der Waals surface area contributed by atoms with Crippen molar-refractivity contribution in [1.82, 2.24) is 4.31 Å². The van der Waals surface area contributed by atoms with Crippen molar-refractivity contribution >= 4 is 57.2 Å². The largest absolute Gasteiger partial charge is 0.374 e. The quantitative estimate of drug-likeness (QED) is 0.852. The summed E-state index contributed by atoms with van der Waals surface area (Å²) in [5.41, 5.74) is 5.51. The highest BCUT2D eigenvalue weighted by Gasteiger charge is 2.33. The maximum atomic E-state index is 12.6. The molecule has 1 atom stereocenters. The summed E-state index contributed by atoms with van der Waals surface area (Å²) in [4.78, 5) is -0.136. The molecule has 0 radical (unpaired) electrons. The van der Waals surface area contributed by atoms with Gasteiger partial charge in [-0.3, -0.25) is 0 Å². The van der Waals surface area contributed by atoms with E-state index in [1.54, 1.807) is 0 Å². The van der Waals surface area contributed by atoms with Gasteiger partial charge in [-0.25, -0.2) is 8.42 Å². The van der Waals surface area contributed by atoms with Crippen LogP contribution in [0, 0.1) is 0 Å². The molecule has 0 bridgehead atoms. The van der Waals surface area contributed by atoms with Crippen LogP contribution in [0.3, 0.4) is 0 Å². The normalized spacial score (nSPS) is 20.1. The summed E-state index contributed by atoms with van der Waals surface area (Å²) < 4.78 is 31.9. The second-order valence-corrected chi connectivity index (χ2v) is 7.42. The fraction of sp³-hybridized carbons (Fsp3) is 0.455. The van der Waals surface area contributed by atoms with Gasteiger partial charge < -0.3 is 10.5 Å². The van der Waals surface area contributed by atoms with Gasteiger partial charge in [0.2, 0.25) is 10.0 Å². The summed E-state index contributed by atoms with van der Waals surface area (Å²) in [5.74, 6) is 0. The average molecular weight is 396 g/mol. The molecule has 2 rings (SSSR count). The average Bonchev–Trinajstić information content (AvgIpc) is 2.37. The fourth-order valence-corrected chi connectivity index (χ4v) is 4.91. The Morgan fingerprint density at radius 1 is 1.29 bits per heavy atom. The Bertz CT molecular complexity index is 588. The van der Waals surface area contributed by atoms with Crippen molar-refractivity contribution in [2.24, 2.45) is 5.73 Å². The summed E-state index contributed by atoms with van der Waals surface area (Å²) in [6, 6.07) is 2.70. The molecule has 0 amide bonds. The molecular formula is C11H14Cl4N2O3S. The summed E-state index contributed by atoms with van der Waals surface area (Å²) >= 11 is 17.7. The van der Waals surface area contributed by atoms with E-state index in [-0.39, 0.29) is 64.7 Å². The number of nitrogens with zero attached hydrogens (tertiary/aromatic N) is 1. The predicted molar refractivity (Wildman–Crippen MR) is 86.3 cm³/mol. The number of halogens is 4. The number of hydrogen-bond acceptors (Lipinski definition) is 4. The van der Waals surface area contributed by atoms with Crippen LogP contribution in [0.4, 0.5) is 0 Å². The lowest BCUT2D eigenvalue weighted by Gasteiger charge is -2.31. The summed E-state index contributed by atoms with van der Waals surface area (Å²) in [6.45, 7) is 0.931. The number of sulfonamides is 1. The van der Waals surface area contributed by atoms with E-state index in [9.17, 15) is 8.42 Å². The number of morpholine rings is 1. The van der Waals surface area contributed by atoms with Gasteiger partial charge in [-0.1, -0.05) is 34.8 Å². The maximum Gasteiger partial charge on any atom is 0.246 e. The number of nitrogens with two attached hydrogens (primary N) is 1. The van der Waals surface area contributed by atoms with Crippen LogP contribution in [0.25, 0.3) is 0 Å². The molecule has 21 heavy (non-hydrogen) atoms. The van der Waals surface area contributed by atoms with Crippen molar-refractivity contribution < 1.29 is 13.2 Å². The summed E-state index contributed by atoms with van der Waals surface area (Å²) in [7, 11) is -3.81. The summed E-state index contributed by atoms with van der Waals surface area (Å²) in [6.07, 6.45) is -0.330. The second kappa shape index (κ2) is 7.66. The minimum Gasteiger partial charge on any atom is -0.374 e. The smallest absolute Gasteiger partial charge is 0.246 e. The first-order valence-corrected chi connectivity index (χ1v) is 8.40. The molecule has 1 aliphatic rings. The zero-order valence-electron chi connectivity index (χ0n) is 10.8. The predicted octanol–water partition coefficient (Wildman–Crippen LogP) is 2.42. The van der Waals surface area contributed by atoms with Crippen LogP contribution in [0.5, 0.6) is 0 Å². The van der Waals surface area contributed by atoms with E-state index >= 15 is 0 Å². The molecule has 10 heteroatoms. The Hall–Kier alpha value is 0.210. The SMILES string of the molecule is Cl.NCC1CN(S(=O)(=O)c2c(Cl)cc(Cl)cc2Cl)CCO1. The topological polar surface area (TPSA) is 72.6 Å². The standard InChI is InChI=1S/C11H13Cl3N2O3S.ClH/c12-7-3-9(13)11(10(14)4-7)20(17,18)16-1-2-19-8(5-15)6-16;/h3-4,8H,1-2,5-6,15H2;1H. The first-order valence-electron chi connectivity index (χ1n) is 5.82. The van der Waals surface area contributed by atoms with Crippen molar-refractivity contribution in [3.05, 3.63) is 27.2 Å². The molecule has 120 valence electrons. The van der Waals surface area contributed by atoms with E-state index in [2.05, 4.69) is 0 Å². The Balaban J connectivity index is 0.00000220. The van der Waals surface area contributed by atoms with Gasteiger partial charge in [-0.05, 0) is 12.1 Å². The molecule has 1 aliphatic heterocycles. The van der Waals surface area contributed by atoms with Crippen LogP contribution in [-0.4, -0.2) is 45.1 Å². The van der Waals surface area contributed by atoms with Crippen molar-refractivity contribution in [1.29, 1.82) is 0 Å². The van der Waals surface area contributed by atoms with Gasteiger partial charge in [0.05, 0.1) is 22.8 Å². The molecule has 0 aromatic heterocycles. The molecule has 1 aromatic carbocycles. The Morgan fingerprint density at radius 3 is 2.38 bits per heavy atom. The van der Waals surface area contributed by atoms with Crippen LogP contribution in [0.2, 0.25) is 15.1 Å². The molecule has 1 fully saturated rings. The third-order valence-corrected chi connectivity index (χ3v) is 5.93. The number of ether oxygens (including phenoxy) is 1. The van der Waals surface area contributed by atoms with Crippen molar-refractivity contribution in [2.45, 2.75) is 11.0 Å². The van der Waals surface area contributed by atoms with E-state index in [1.807, 2.05) is 0 Å². The van der Waals surface area contributed by atoms with Crippen LogP contribution >= 0.6 is 47.2 Å². The zero-order chi connectivity index (χ0) is 14.9. The monoisotopic (exact) mass is 394 g/mol. The van der Waals surface area contributed by atoms with Crippen molar-refractivity contribution in [3.63, 3.8) is 0 Å². The van der Waals surface area contributed by atoms with E-state index in [4.69, 9.17) is 45.3 Å². The molecule has 0 spiro atoms. The minimum absolute atomic E-state index is 0. The number of benzene rings is 1. The van der Waals surface area contributed by atoms with Gasteiger partial charge in [-0.2, -0.15) is 4.31 Å². The molecule has 1 saturated heterocycles. The Morgan fingerprint density at radius 2 is 1.86 bits per heavy atom. The van der Waals surface area contributed by atoms with Crippen LogP contribution in [0.1, 0.15) is 0 Å². The van der Waals surface area contributed by atoms with Gasteiger partial charge >= 0.3 is 0 Å². The van der Waals surface area contributed by atoms with Crippen LogP contribution < -0.4 is 5.73 Å². The van der Waals surface area contributed by atoms with Gasteiger partial charge in [0.15, 0.2) is 0 Å². The zero-order valence-corrected chi connectivity index (χ0v) is 14.7. The third kappa shape index (κ3) is 4.14. The van der Waals surface area contributed by atoms with Gasteiger partial charge in [0, 0.05) is 24.7 Å². The molecule has 1 unspecified atom stereocenters. The Kier molecular flexibility index (Phi) is 7.02. The van der Waals surface area contributed by atoms with Crippen molar-refractivity contribution in [2.75, 3.05) is 26.2 Å². The highest BCUT2D eigenvalue weighted by molar-refractivity contribution is 7.89. The molecule has 0 aliphatic carbocycles. The Labute approximate surface area is 144 Å². The lowest BCUT2D eigenvalue weighted by Crippen LogP contribution is -2.48. The van der Waals surface area contributed by atoms with Gasteiger partial charge in [0.25, 0.3) is 0 Å². The molecule has 5 nitrogen and oxygen atoms in total. The lowest BCUT2D eigenvalue weighted by molar-refractivity contribution is 0.00451. The first-order chi connectivity index (χ1) is 9.36. The summed E-state index contributed by atoms with van der Waals surface area (Å²) in [5, 5.41) is 0.275. The van der Waals surface area contributed by atoms with Crippen molar-refractivity contribution in [3.8, 4) is 0 Å². The second-order valence-electron chi connectivity index (χ2n) is 4.29. The highest BCUT2D eigenvalue weighted by atomic mass is 35.5. The van der Waals surface area contributed by atoms with E-state index in [0.29, 0.717) is 0 Å². The van der Waals surface area contributed by atoms with E-state index in [0.717, 1.165) is 0 Å². The van der Waals surface area contributed by atoms with Crippen LogP contribution in [-0.2, 0) is 14.8 Å². The number of hydrogen-bond donors (Lipinski definition) is 1. The fourth-order valence-electron chi connectivity index (χ4n) is 1.96. The molecule has 0 saturated carbocycles. The first kappa shape index (κ1) is 19.3. The maximum absolute atomic E-state index is 12.6. The van der Waals surface area contributed by atoms with Crippen LogP contribution in [0.15, 0.2) is 17.0 Å². The minimum atomic E-state index is -3.81. The van der Waals surface area contributed by atoms with E-state index < -0.39 is 10.0 Å². The third-order valence-electron chi connectivity index (χ3n) is 2.93. The van der Waals surface area contributed by atoms with E-state index in [1.165, 1.54) is 16.4 Å². The molecule has 2 N–H and O–H groups in total. The molecule has 1 heterocycles. The number of rotatable bonds is 3. The lowest BCUT2D eigenvalue weighted by atomic mass is 10.3. The molecule has 1 aromatic rings. The van der Waals surface area contributed by atoms with Gasteiger partial charge in [0.1, 0.15) is 4.90 Å². The molecular weight excluding hydrogens is 382 g/mol.